The second-order valence-corrected chi connectivity index (χ2v) is 7.26. The van der Waals surface area contributed by atoms with Crippen LogP contribution >= 0.6 is 0 Å². The largest absolute Gasteiger partial charge is 0.465 e. The first kappa shape index (κ1) is 22.6. The highest BCUT2D eigenvalue weighted by Crippen LogP contribution is 2.27. The van der Waals surface area contributed by atoms with Crippen LogP contribution in [0.25, 0.3) is 0 Å². The van der Waals surface area contributed by atoms with Crippen molar-refractivity contribution in [3.63, 3.8) is 0 Å². The quantitative estimate of drug-likeness (QED) is 0.302. The number of carbonyl (C=O) groups is 4. The average Bonchev–Trinajstić information content (AvgIpc) is 3.00. The molecule has 0 saturated heterocycles. The lowest BCUT2D eigenvalue weighted by Crippen LogP contribution is -2.34. The number of allylic oxidation sites excluding steroid dienone is 1. The third kappa shape index (κ3) is 8.66. The molecular formula is C20H28O7. The standard InChI is InChI=1S/C16H26O4.C4H2O3/c1-11(2)9-19-15(17)13-7-5-6-8-14(13)16(18)20-10-12(3)4;5-3-1-2-4(6)7-3/h5,7,11-14H,6,8-10H2,1-4H3;1-2H. The minimum Gasteiger partial charge on any atom is -0.465 e. The Balaban J connectivity index is 0.000000433. The van der Waals surface area contributed by atoms with Gasteiger partial charge in [-0.25, -0.2) is 9.59 Å². The fourth-order valence-electron chi connectivity index (χ4n) is 2.34. The molecule has 7 heteroatoms. The Labute approximate surface area is 159 Å². The molecule has 0 fully saturated rings. The summed E-state index contributed by atoms with van der Waals surface area (Å²) < 4.78 is 14.5. The summed E-state index contributed by atoms with van der Waals surface area (Å²) in [6.07, 6.45) is 7.34. The lowest BCUT2D eigenvalue weighted by Gasteiger charge is -2.25. The molecule has 0 bridgehead atoms. The van der Waals surface area contributed by atoms with Gasteiger partial charge in [-0.2, -0.15) is 0 Å². The Hall–Kier alpha value is -2.44. The number of carbonyl (C=O) groups excluding carboxylic acids is 4. The Kier molecular flexibility index (Phi) is 9.47. The van der Waals surface area contributed by atoms with Gasteiger partial charge >= 0.3 is 23.9 Å². The Morgan fingerprint density at radius 3 is 1.96 bits per heavy atom. The first-order chi connectivity index (χ1) is 12.7. The van der Waals surface area contributed by atoms with E-state index in [4.69, 9.17) is 9.47 Å². The van der Waals surface area contributed by atoms with Crippen LogP contribution in [0.1, 0.15) is 40.5 Å². The summed E-state index contributed by atoms with van der Waals surface area (Å²) in [5.74, 6) is -2.08. The maximum atomic E-state index is 12.1. The molecule has 0 N–H and O–H groups in total. The van der Waals surface area contributed by atoms with Crippen LogP contribution in [0.15, 0.2) is 24.3 Å². The van der Waals surface area contributed by atoms with Gasteiger partial charge in [0.1, 0.15) is 0 Å². The molecule has 1 aliphatic carbocycles. The van der Waals surface area contributed by atoms with Gasteiger partial charge in [0.15, 0.2) is 0 Å². The minimum atomic E-state index is -0.579. The maximum Gasteiger partial charge on any atom is 0.338 e. The lowest BCUT2D eigenvalue weighted by atomic mass is 9.84. The average molecular weight is 380 g/mol. The number of hydrogen-bond donors (Lipinski definition) is 0. The van der Waals surface area contributed by atoms with E-state index < -0.39 is 23.8 Å². The molecular weight excluding hydrogens is 352 g/mol. The van der Waals surface area contributed by atoms with E-state index in [1.54, 1.807) is 6.08 Å². The normalized spacial score (nSPS) is 21.0. The van der Waals surface area contributed by atoms with Crippen LogP contribution in [0.3, 0.4) is 0 Å². The number of rotatable bonds is 6. The summed E-state index contributed by atoms with van der Waals surface area (Å²) in [5, 5.41) is 0. The van der Waals surface area contributed by atoms with Gasteiger partial charge in [0.25, 0.3) is 0 Å². The zero-order valence-corrected chi connectivity index (χ0v) is 16.3. The molecule has 27 heavy (non-hydrogen) atoms. The van der Waals surface area contributed by atoms with Crippen molar-refractivity contribution in [3.05, 3.63) is 24.3 Å². The summed E-state index contributed by atoms with van der Waals surface area (Å²) in [5.41, 5.74) is 0. The topological polar surface area (TPSA) is 96.0 Å². The molecule has 0 radical (unpaired) electrons. The van der Waals surface area contributed by atoms with E-state index in [0.29, 0.717) is 25.6 Å². The van der Waals surface area contributed by atoms with E-state index in [1.165, 1.54) is 0 Å². The van der Waals surface area contributed by atoms with Crippen molar-refractivity contribution >= 4 is 23.9 Å². The van der Waals surface area contributed by atoms with Crippen molar-refractivity contribution in [1.82, 2.24) is 0 Å². The van der Waals surface area contributed by atoms with E-state index in [2.05, 4.69) is 4.74 Å². The van der Waals surface area contributed by atoms with Gasteiger partial charge < -0.3 is 14.2 Å². The Morgan fingerprint density at radius 1 is 1.00 bits per heavy atom. The third-order valence-electron chi connectivity index (χ3n) is 3.67. The minimum absolute atomic E-state index is 0.283. The predicted molar refractivity (Wildman–Crippen MR) is 97.2 cm³/mol. The van der Waals surface area contributed by atoms with Crippen molar-refractivity contribution < 1.29 is 33.4 Å². The van der Waals surface area contributed by atoms with Crippen molar-refractivity contribution in [2.24, 2.45) is 23.7 Å². The van der Waals surface area contributed by atoms with E-state index in [1.807, 2.05) is 33.8 Å². The molecule has 2 atom stereocenters. The zero-order chi connectivity index (χ0) is 20.4. The second kappa shape index (κ2) is 11.3. The van der Waals surface area contributed by atoms with Crippen LogP contribution in [-0.4, -0.2) is 37.1 Å². The van der Waals surface area contributed by atoms with Crippen LogP contribution in [0.4, 0.5) is 0 Å². The van der Waals surface area contributed by atoms with Gasteiger partial charge in [0, 0.05) is 12.2 Å². The molecule has 0 aromatic heterocycles. The predicted octanol–water partition coefficient (Wildman–Crippen LogP) is 2.59. The van der Waals surface area contributed by atoms with Crippen LogP contribution < -0.4 is 0 Å². The highest BCUT2D eigenvalue weighted by atomic mass is 16.6. The van der Waals surface area contributed by atoms with E-state index >= 15 is 0 Å². The molecule has 0 aromatic rings. The third-order valence-corrected chi connectivity index (χ3v) is 3.67. The Bertz CT molecular complexity index is 585. The molecule has 0 saturated carbocycles. The summed E-state index contributed by atoms with van der Waals surface area (Å²) in [6, 6.07) is 0. The van der Waals surface area contributed by atoms with Crippen LogP contribution in [0.5, 0.6) is 0 Å². The summed E-state index contributed by atoms with van der Waals surface area (Å²) in [7, 11) is 0. The number of ether oxygens (including phenoxy) is 3. The zero-order valence-electron chi connectivity index (χ0n) is 16.3. The molecule has 0 spiro atoms. The molecule has 0 aromatic carbocycles. The molecule has 2 unspecified atom stereocenters. The molecule has 1 heterocycles. The highest BCUT2D eigenvalue weighted by Gasteiger charge is 2.35. The maximum absolute atomic E-state index is 12.1. The number of esters is 4. The summed E-state index contributed by atoms with van der Waals surface area (Å²) >= 11 is 0. The van der Waals surface area contributed by atoms with Gasteiger partial charge in [0.05, 0.1) is 25.0 Å². The second-order valence-electron chi connectivity index (χ2n) is 7.26. The molecule has 150 valence electrons. The molecule has 1 aliphatic heterocycles. The summed E-state index contributed by atoms with van der Waals surface area (Å²) in [4.78, 5) is 44.0. The monoisotopic (exact) mass is 380 g/mol. The molecule has 0 amide bonds. The summed E-state index contributed by atoms with van der Waals surface area (Å²) in [6.45, 7) is 8.73. The van der Waals surface area contributed by atoms with Crippen LogP contribution in [0, 0.1) is 23.7 Å². The molecule has 7 nitrogen and oxygen atoms in total. The van der Waals surface area contributed by atoms with Gasteiger partial charge in [-0.15, -0.1) is 0 Å². The highest BCUT2D eigenvalue weighted by molar-refractivity contribution is 6.04. The van der Waals surface area contributed by atoms with Crippen molar-refractivity contribution in [3.8, 4) is 0 Å². The van der Waals surface area contributed by atoms with Gasteiger partial charge in [-0.05, 0) is 24.7 Å². The first-order valence-corrected chi connectivity index (χ1v) is 9.14. The molecule has 2 aliphatic rings. The van der Waals surface area contributed by atoms with Crippen LogP contribution in [0.2, 0.25) is 0 Å². The first-order valence-electron chi connectivity index (χ1n) is 9.14. The fourth-order valence-corrected chi connectivity index (χ4v) is 2.34. The van der Waals surface area contributed by atoms with Crippen LogP contribution in [-0.2, 0) is 33.4 Å². The van der Waals surface area contributed by atoms with E-state index in [-0.39, 0.29) is 17.9 Å². The van der Waals surface area contributed by atoms with Gasteiger partial charge in [-0.1, -0.05) is 39.8 Å². The number of hydrogen-bond acceptors (Lipinski definition) is 7. The van der Waals surface area contributed by atoms with Gasteiger partial charge in [0.2, 0.25) is 0 Å². The van der Waals surface area contributed by atoms with Crippen molar-refractivity contribution in [1.29, 1.82) is 0 Å². The Morgan fingerprint density at radius 2 is 1.52 bits per heavy atom. The van der Waals surface area contributed by atoms with Gasteiger partial charge in [-0.3, -0.25) is 9.59 Å². The van der Waals surface area contributed by atoms with E-state index in [0.717, 1.165) is 18.6 Å². The fraction of sp³-hybridized carbons (Fsp3) is 0.600. The van der Waals surface area contributed by atoms with E-state index in [9.17, 15) is 19.2 Å². The van der Waals surface area contributed by atoms with Crippen molar-refractivity contribution in [2.75, 3.05) is 13.2 Å². The van der Waals surface area contributed by atoms with Crippen molar-refractivity contribution in [2.45, 2.75) is 40.5 Å². The molecule has 2 rings (SSSR count). The smallest absolute Gasteiger partial charge is 0.338 e. The number of cyclic esters (lactones) is 2. The lowest BCUT2D eigenvalue weighted by molar-refractivity contribution is -0.160. The SMILES string of the molecule is CC(C)COC(=O)C1C=CCCC1C(=O)OCC(C)C.O=C1C=CC(=O)O1.